The molecule has 0 amide bonds. The first-order valence-corrected chi connectivity index (χ1v) is 5.70. The Morgan fingerprint density at radius 3 is 2.94 bits per heavy atom. The van der Waals surface area contributed by atoms with Gasteiger partial charge in [0, 0.05) is 35.4 Å². The number of benzene rings is 1. The zero-order valence-electron chi connectivity index (χ0n) is 9.65. The van der Waals surface area contributed by atoms with Crippen LogP contribution in [0.2, 0.25) is 0 Å². The number of rotatable bonds is 2. The maximum absolute atomic E-state index is 13.3. The molecule has 0 fully saturated rings. The number of nitrogens with two attached hydrogens (primary N) is 1. The molecule has 3 N–H and O–H groups in total. The normalized spacial score (nSPS) is 11.0. The van der Waals surface area contributed by atoms with Gasteiger partial charge in [0.2, 0.25) is 0 Å². The van der Waals surface area contributed by atoms with Gasteiger partial charge in [-0.05, 0) is 35.9 Å². The Labute approximate surface area is 103 Å². The molecule has 18 heavy (non-hydrogen) atoms. The lowest BCUT2D eigenvalue weighted by atomic mass is 10.1. The van der Waals surface area contributed by atoms with E-state index in [1.807, 2.05) is 18.3 Å². The highest BCUT2D eigenvalue weighted by molar-refractivity contribution is 5.94. The third-order valence-electron chi connectivity index (χ3n) is 2.98. The number of nitrogens with one attached hydrogen (secondary N) is 1. The molecular weight excluding hydrogens is 229 g/mol. The van der Waals surface area contributed by atoms with Crippen LogP contribution in [0.1, 0.15) is 5.56 Å². The van der Waals surface area contributed by atoms with Crippen LogP contribution in [0.15, 0.2) is 42.7 Å². The molecule has 2 heterocycles. The molecule has 3 nitrogen and oxygen atoms in total. The first kappa shape index (κ1) is 10.9. The molecule has 0 aliphatic carbocycles. The van der Waals surface area contributed by atoms with Crippen LogP contribution in [-0.2, 0) is 6.54 Å². The minimum Gasteiger partial charge on any atom is -0.360 e. The van der Waals surface area contributed by atoms with Crippen LogP contribution >= 0.6 is 0 Å². The number of H-pyrrole nitrogens is 1. The highest BCUT2D eigenvalue weighted by Gasteiger charge is 2.08. The van der Waals surface area contributed by atoms with Crippen molar-refractivity contribution >= 4 is 10.9 Å². The summed E-state index contributed by atoms with van der Waals surface area (Å²) < 4.78 is 13.3. The second-order valence-corrected chi connectivity index (χ2v) is 4.15. The molecule has 1 aromatic carbocycles. The van der Waals surface area contributed by atoms with E-state index in [0.29, 0.717) is 6.54 Å². The van der Waals surface area contributed by atoms with E-state index in [1.165, 1.54) is 12.1 Å². The molecule has 3 rings (SSSR count). The predicted molar refractivity (Wildman–Crippen MR) is 69.4 cm³/mol. The zero-order valence-corrected chi connectivity index (χ0v) is 9.65. The van der Waals surface area contributed by atoms with E-state index < -0.39 is 0 Å². The van der Waals surface area contributed by atoms with Crippen molar-refractivity contribution in [3.63, 3.8) is 0 Å². The topological polar surface area (TPSA) is 54.7 Å². The number of pyridine rings is 1. The maximum Gasteiger partial charge on any atom is 0.123 e. The number of hydrogen-bond donors (Lipinski definition) is 2. The molecule has 90 valence electrons. The van der Waals surface area contributed by atoms with Gasteiger partial charge in [0.1, 0.15) is 5.82 Å². The molecule has 3 aromatic rings. The number of halogens is 1. The zero-order chi connectivity index (χ0) is 12.5. The average molecular weight is 241 g/mol. The van der Waals surface area contributed by atoms with E-state index in [-0.39, 0.29) is 5.82 Å². The fourth-order valence-corrected chi connectivity index (χ4v) is 2.05. The van der Waals surface area contributed by atoms with E-state index in [2.05, 4.69) is 9.97 Å². The fraction of sp³-hybridized carbons (Fsp3) is 0.0714. The highest BCUT2D eigenvalue weighted by atomic mass is 19.1. The Morgan fingerprint density at radius 1 is 1.22 bits per heavy atom. The lowest BCUT2D eigenvalue weighted by molar-refractivity contribution is 0.630. The van der Waals surface area contributed by atoms with Gasteiger partial charge in [0.25, 0.3) is 0 Å². The fourth-order valence-electron chi connectivity index (χ4n) is 2.05. The Hall–Kier alpha value is -2.20. The van der Waals surface area contributed by atoms with Crippen molar-refractivity contribution in [2.24, 2.45) is 5.73 Å². The van der Waals surface area contributed by atoms with E-state index in [9.17, 15) is 4.39 Å². The van der Waals surface area contributed by atoms with Crippen molar-refractivity contribution in [1.29, 1.82) is 0 Å². The minimum atomic E-state index is -0.252. The van der Waals surface area contributed by atoms with Gasteiger partial charge in [-0.2, -0.15) is 0 Å². The molecule has 2 aromatic heterocycles. The summed E-state index contributed by atoms with van der Waals surface area (Å²) in [5.41, 5.74) is 9.20. The van der Waals surface area contributed by atoms with Crippen LogP contribution in [-0.4, -0.2) is 9.97 Å². The Morgan fingerprint density at radius 2 is 2.11 bits per heavy atom. The molecular formula is C14H12FN3. The maximum atomic E-state index is 13.3. The predicted octanol–water partition coefficient (Wildman–Crippen LogP) is 2.83. The van der Waals surface area contributed by atoms with E-state index >= 15 is 0 Å². The van der Waals surface area contributed by atoms with Gasteiger partial charge in [0.05, 0.1) is 5.69 Å². The Balaban J connectivity index is 2.21. The Bertz CT molecular complexity index is 703. The molecule has 0 saturated heterocycles. The van der Waals surface area contributed by atoms with Crippen molar-refractivity contribution in [2.45, 2.75) is 6.54 Å². The van der Waals surface area contributed by atoms with Gasteiger partial charge < -0.3 is 10.7 Å². The van der Waals surface area contributed by atoms with Crippen molar-refractivity contribution < 1.29 is 4.39 Å². The van der Waals surface area contributed by atoms with E-state index in [0.717, 1.165) is 27.7 Å². The molecule has 0 aliphatic rings. The van der Waals surface area contributed by atoms with Gasteiger partial charge in [-0.15, -0.1) is 0 Å². The smallest absolute Gasteiger partial charge is 0.123 e. The van der Waals surface area contributed by atoms with Crippen molar-refractivity contribution in [1.82, 2.24) is 9.97 Å². The molecule has 0 unspecified atom stereocenters. The Kier molecular flexibility index (Phi) is 2.57. The molecule has 0 bridgehead atoms. The summed E-state index contributed by atoms with van der Waals surface area (Å²) in [6, 6.07) is 8.47. The number of aromatic amines is 1. The molecule has 0 atom stereocenters. The first-order valence-electron chi connectivity index (χ1n) is 5.70. The minimum absolute atomic E-state index is 0.252. The van der Waals surface area contributed by atoms with Crippen LogP contribution in [0.5, 0.6) is 0 Å². The molecule has 0 radical (unpaired) electrons. The summed E-state index contributed by atoms with van der Waals surface area (Å²) in [5.74, 6) is -0.252. The quantitative estimate of drug-likeness (QED) is 0.724. The largest absolute Gasteiger partial charge is 0.360 e. The van der Waals surface area contributed by atoms with Crippen LogP contribution in [0, 0.1) is 5.82 Å². The van der Waals surface area contributed by atoms with E-state index in [1.54, 1.807) is 12.3 Å². The lowest BCUT2D eigenvalue weighted by Gasteiger charge is -2.01. The SMILES string of the molecule is NCc1ccnc(-c2c[nH]c3ccc(F)cc23)c1. The summed E-state index contributed by atoms with van der Waals surface area (Å²) in [7, 11) is 0. The molecule has 0 spiro atoms. The number of aromatic nitrogens is 2. The van der Waals surface area contributed by atoms with Crippen LogP contribution in [0.25, 0.3) is 22.2 Å². The van der Waals surface area contributed by atoms with Crippen molar-refractivity contribution in [3.8, 4) is 11.3 Å². The standard InChI is InChI=1S/C14H12FN3/c15-10-1-2-13-11(6-10)12(8-18-13)14-5-9(7-16)3-4-17-14/h1-6,8,18H,7,16H2. The highest BCUT2D eigenvalue weighted by Crippen LogP contribution is 2.28. The summed E-state index contributed by atoms with van der Waals surface area (Å²) in [6.45, 7) is 0.465. The van der Waals surface area contributed by atoms with Crippen molar-refractivity contribution in [2.75, 3.05) is 0 Å². The van der Waals surface area contributed by atoms with Crippen molar-refractivity contribution in [3.05, 3.63) is 54.1 Å². The van der Waals surface area contributed by atoms with Gasteiger partial charge >= 0.3 is 0 Å². The summed E-state index contributed by atoms with van der Waals surface area (Å²) in [5, 5.41) is 0.830. The summed E-state index contributed by atoms with van der Waals surface area (Å²) in [6.07, 6.45) is 3.56. The number of fused-ring (bicyclic) bond motifs is 1. The van der Waals surface area contributed by atoms with Gasteiger partial charge in [-0.25, -0.2) is 4.39 Å². The second-order valence-electron chi connectivity index (χ2n) is 4.15. The summed E-state index contributed by atoms with van der Waals surface area (Å²) >= 11 is 0. The van der Waals surface area contributed by atoms with E-state index in [4.69, 9.17) is 5.73 Å². The number of hydrogen-bond acceptors (Lipinski definition) is 2. The van der Waals surface area contributed by atoms with Gasteiger partial charge in [-0.3, -0.25) is 4.98 Å². The van der Waals surface area contributed by atoms with Crippen LogP contribution < -0.4 is 5.73 Å². The average Bonchev–Trinajstić information content (AvgIpc) is 2.81. The first-order chi connectivity index (χ1) is 8.78. The monoisotopic (exact) mass is 241 g/mol. The molecule has 0 saturated carbocycles. The van der Waals surface area contributed by atoms with Gasteiger partial charge in [0.15, 0.2) is 0 Å². The lowest BCUT2D eigenvalue weighted by Crippen LogP contribution is -1.96. The van der Waals surface area contributed by atoms with Crippen LogP contribution in [0.4, 0.5) is 4.39 Å². The third-order valence-corrected chi connectivity index (χ3v) is 2.98. The van der Waals surface area contributed by atoms with Gasteiger partial charge in [-0.1, -0.05) is 0 Å². The number of nitrogens with zero attached hydrogens (tertiary/aromatic N) is 1. The molecule has 4 heteroatoms. The summed E-state index contributed by atoms with van der Waals surface area (Å²) in [4.78, 5) is 7.43. The molecule has 0 aliphatic heterocycles. The van der Waals surface area contributed by atoms with Crippen LogP contribution in [0.3, 0.4) is 0 Å². The second kappa shape index (κ2) is 4.23. The third kappa shape index (κ3) is 1.76.